The van der Waals surface area contributed by atoms with Gasteiger partial charge in [0.25, 0.3) is 0 Å². The second-order valence-corrected chi connectivity index (χ2v) is 6.14. The Morgan fingerprint density at radius 2 is 2.28 bits per heavy atom. The highest BCUT2D eigenvalue weighted by Crippen LogP contribution is 2.26. The van der Waals surface area contributed by atoms with Crippen LogP contribution in [0.3, 0.4) is 0 Å². The predicted octanol–water partition coefficient (Wildman–Crippen LogP) is 2.75. The molecule has 2 rings (SSSR count). The van der Waals surface area contributed by atoms with Gasteiger partial charge in [0.05, 0.1) is 32.6 Å². The van der Waals surface area contributed by atoms with Crippen LogP contribution in [0.1, 0.15) is 35.1 Å². The topological polar surface area (TPSA) is 56.7 Å². The molecular formula is C12H17BrN4S. The SMILES string of the molecule is CCc1nn(C)c(CC(N)c2csc(C)n2)c1Br. The van der Waals surface area contributed by atoms with E-state index in [-0.39, 0.29) is 6.04 Å². The molecule has 2 N–H and O–H groups in total. The molecule has 0 spiro atoms. The summed E-state index contributed by atoms with van der Waals surface area (Å²) < 4.78 is 2.98. The first-order valence-electron chi connectivity index (χ1n) is 5.90. The lowest BCUT2D eigenvalue weighted by atomic mass is 10.1. The molecular weight excluding hydrogens is 312 g/mol. The fourth-order valence-electron chi connectivity index (χ4n) is 1.90. The van der Waals surface area contributed by atoms with Crippen LogP contribution < -0.4 is 5.73 Å². The van der Waals surface area contributed by atoms with E-state index in [4.69, 9.17) is 5.73 Å². The molecule has 0 aromatic carbocycles. The van der Waals surface area contributed by atoms with Crippen LogP contribution in [-0.4, -0.2) is 14.8 Å². The number of nitrogens with two attached hydrogens (primary N) is 1. The van der Waals surface area contributed by atoms with E-state index in [9.17, 15) is 0 Å². The molecule has 0 saturated carbocycles. The third-order valence-corrected chi connectivity index (χ3v) is 4.64. The van der Waals surface area contributed by atoms with Crippen molar-refractivity contribution in [2.75, 3.05) is 0 Å². The Balaban J connectivity index is 2.21. The van der Waals surface area contributed by atoms with Crippen LogP contribution in [0.15, 0.2) is 9.85 Å². The molecule has 2 heterocycles. The minimum atomic E-state index is -0.0774. The van der Waals surface area contributed by atoms with E-state index in [1.807, 2.05) is 24.0 Å². The van der Waals surface area contributed by atoms with Crippen LogP contribution in [0.5, 0.6) is 0 Å². The van der Waals surface area contributed by atoms with Crippen molar-refractivity contribution in [3.05, 3.63) is 31.9 Å². The molecule has 0 aliphatic heterocycles. The van der Waals surface area contributed by atoms with Gasteiger partial charge in [-0.05, 0) is 29.3 Å². The highest BCUT2D eigenvalue weighted by Gasteiger charge is 2.17. The van der Waals surface area contributed by atoms with Gasteiger partial charge in [-0.3, -0.25) is 4.68 Å². The van der Waals surface area contributed by atoms with Gasteiger partial charge in [-0.25, -0.2) is 4.98 Å². The molecule has 0 bridgehead atoms. The molecule has 0 amide bonds. The first-order chi connectivity index (χ1) is 8.52. The second-order valence-electron chi connectivity index (χ2n) is 4.29. The molecule has 4 nitrogen and oxygen atoms in total. The Labute approximate surface area is 119 Å². The summed E-state index contributed by atoms with van der Waals surface area (Å²) in [5, 5.41) is 7.56. The first kappa shape index (κ1) is 13.7. The Bertz CT molecular complexity index is 546. The van der Waals surface area contributed by atoms with Gasteiger partial charge in [0.2, 0.25) is 0 Å². The lowest BCUT2D eigenvalue weighted by Gasteiger charge is -2.09. The molecule has 0 aliphatic rings. The Morgan fingerprint density at radius 3 is 2.78 bits per heavy atom. The Hall–Kier alpha value is -0.720. The van der Waals surface area contributed by atoms with Gasteiger partial charge in [0, 0.05) is 18.8 Å². The number of hydrogen-bond acceptors (Lipinski definition) is 4. The molecule has 0 radical (unpaired) electrons. The summed E-state index contributed by atoms with van der Waals surface area (Å²) >= 11 is 5.25. The van der Waals surface area contributed by atoms with Crippen molar-refractivity contribution < 1.29 is 0 Å². The third kappa shape index (κ3) is 2.65. The maximum Gasteiger partial charge on any atom is 0.0898 e. The maximum atomic E-state index is 6.21. The highest BCUT2D eigenvalue weighted by molar-refractivity contribution is 9.10. The third-order valence-electron chi connectivity index (χ3n) is 2.93. The first-order valence-corrected chi connectivity index (χ1v) is 7.58. The van der Waals surface area contributed by atoms with Gasteiger partial charge in [-0.2, -0.15) is 5.10 Å². The van der Waals surface area contributed by atoms with Gasteiger partial charge in [0.1, 0.15) is 0 Å². The second kappa shape index (κ2) is 5.50. The van der Waals surface area contributed by atoms with Crippen molar-refractivity contribution >= 4 is 27.3 Å². The van der Waals surface area contributed by atoms with Crippen LogP contribution in [-0.2, 0) is 19.9 Å². The number of aromatic nitrogens is 3. The van der Waals surface area contributed by atoms with Crippen molar-refractivity contribution in [1.82, 2.24) is 14.8 Å². The van der Waals surface area contributed by atoms with Gasteiger partial charge < -0.3 is 5.73 Å². The Morgan fingerprint density at radius 1 is 1.56 bits per heavy atom. The average molecular weight is 329 g/mol. The summed E-state index contributed by atoms with van der Waals surface area (Å²) in [6.45, 7) is 4.09. The van der Waals surface area contributed by atoms with E-state index in [1.165, 1.54) is 0 Å². The summed E-state index contributed by atoms with van der Waals surface area (Å²) in [6.07, 6.45) is 1.66. The molecule has 0 saturated heterocycles. The average Bonchev–Trinajstić information content (AvgIpc) is 2.87. The van der Waals surface area contributed by atoms with Crippen molar-refractivity contribution in [3.8, 4) is 0 Å². The molecule has 1 unspecified atom stereocenters. The zero-order valence-electron chi connectivity index (χ0n) is 10.8. The Kier molecular flexibility index (Phi) is 4.19. The van der Waals surface area contributed by atoms with Crippen molar-refractivity contribution in [3.63, 3.8) is 0 Å². The van der Waals surface area contributed by atoms with Gasteiger partial charge in [-0.1, -0.05) is 6.92 Å². The number of thiazole rings is 1. The molecule has 2 aromatic heterocycles. The molecule has 1 atom stereocenters. The number of rotatable bonds is 4. The largest absolute Gasteiger partial charge is 0.322 e. The molecule has 0 fully saturated rings. The van der Waals surface area contributed by atoms with Crippen molar-refractivity contribution in [2.45, 2.75) is 32.7 Å². The summed E-state index contributed by atoms with van der Waals surface area (Å²) in [5.74, 6) is 0. The van der Waals surface area contributed by atoms with E-state index in [2.05, 4.69) is 32.9 Å². The van der Waals surface area contributed by atoms with Crippen molar-refractivity contribution in [1.29, 1.82) is 0 Å². The molecule has 2 aromatic rings. The highest BCUT2D eigenvalue weighted by atomic mass is 79.9. The molecule has 0 aliphatic carbocycles. The standard InChI is InChI=1S/C12H17BrN4S/c1-4-9-12(13)11(17(3)16-9)5-8(14)10-6-18-7(2)15-10/h6,8H,4-5,14H2,1-3H3. The van der Waals surface area contributed by atoms with E-state index >= 15 is 0 Å². The minimum Gasteiger partial charge on any atom is -0.322 e. The van der Waals surface area contributed by atoms with E-state index in [0.717, 1.165) is 39.4 Å². The zero-order valence-corrected chi connectivity index (χ0v) is 13.2. The summed E-state index contributed by atoms with van der Waals surface area (Å²) in [6, 6.07) is -0.0774. The fourth-order valence-corrected chi connectivity index (χ4v) is 3.36. The number of halogens is 1. The zero-order chi connectivity index (χ0) is 13.3. The summed E-state index contributed by atoms with van der Waals surface area (Å²) in [7, 11) is 1.96. The van der Waals surface area contributed by atoms with Crippen LogP contribution in [0.2, 0.25) is 0 Å². The lowest BCUT2D eigenvalue weighted by Crippen LogP contribution is -2.16. The normalized spacial score (nSPS) is 12.9. The number of nitrogens with zero attached hydrogens (tertiary/aromatic N) is 3. The smallest absolute Gasteiger partial charge is 0.0898 e. The van der Waals surface area contributed by atoms with Gasteiger partial charge in [0.15, 0.2) is 0 Å². The van der Waals surface area contributed by atoms with E-state index < -0.39 is 0 Å². The minimum absolute atomic E-state index is 0.0774. The number of hydrogen-bond donors (Lipinski definition) is 1. The van der Waals surface area contributed by atoms with Gasteiger partial charge in [-0.15, -0.1) is 11.3 Å². The van der Waals surface area contributed by atoms with E-state index in [1.54, 1.807) is 11.3 Å². The van der Waals surface area contributed by atoms with Gasteiger partial charge >= 0.3 is 0 Å². The molecule has 6 heteroatoms. The quantitative estimate of drug-likeness (QED) is 0.938. The predicted molar refractivity (Wildman–Crippen MR) is 77.8 cm³/mol. The molecule has 18 heavy (non-hydrogen) atoms. The summed E-state index contributed by atoms with van der Waals surface area (Å²) in [5.41, 5.74) is 9.38. The van der Waals surface area contributed by atoms with Crippen molar-refractivity contribution in [2.24, 2.45) is 12.8 Å². The lowest BCUT2D eigenvalue weighted by molar-refractivity contribution is 0.628. The fraction of sp³-hybridized carbons (Fsp3) is 0.500. The van der Waals surface area contributed by atoms with Crippen LogP contribution >= 0.6 is 27.3 Å². The summed E-state index contributed by atoms with van der Waals surface area (Å²) in [4.78, 5) is 4.44. The monoisotopic (exact) mass is 328 g/mol. The van der Waals surface area contributed by atoms with E-state index in [0.29, 0.717) is 0 Å². The number of aryl methyl sites for hydroxylation is 3. The van der Waals surface area contributed by atoms with Crippen LogP contribution in [0.25, 0.3) is 0 Å². The van der Waals surface area contributed by atoms with Crippen LogP contribution in [0, 0.1) is 6.92 Å². The molecule has 98 valence electrons. The van der Waals surface area contributed by atoms with Crippen LogP contribution in [0.4, 0.5) is 0 Å². The maximum absolute atomic E-state index is 6.21.